The smallest absolute Gasteiger partial charge is 0.389 e. The van der Waals surface area contributed by atoms with Crippen LogP contribution in [-0.2, 0) is 4.79 Å². The second kappa shape index (κ2) is 7.51. The Morgan fingerprint density at radius 3 is 2.33 bits per heavy atom. The molecule has 21 heavy (non-hydrogen) atoms. The van der Waals surface area contributed by atoms with Crippen LogP contribution < -0.4 is 10.2 Å². The highest BCUT2D eigenvalue weighted by Crippen LogP contribution is 2.20. The molecule has 0 aliphatic carbocycles. The largest absolute Gasteiger partial charge is 0.480 e. The zero-order valence-electron chi connectivity index (χ0n) is 11.1. The van der Waals surface area contributed by atoms with Gasteiger partial charge in [-0.25, -0.2) is 4.79 Å². The van der Waals surface area contributed by atoms with Crippen LogP contribution >= 0.6 is 0 Å². The first-order valence-electron chi connectivity index (χ1n) is 6.18. The summed E-state index contributed by atoms with van der Waals surface area (Å²) in [6, 6.07) is 7.29. The number of carbonyl (C=O) groups excluding carboxylic acids is 1. The Balaban J connectivity index is 2.59. The number of carboxylic acids is 1. The molecule has 1 aromatic rings. The van der Waals surface area contributed by atoms with Crippen LogP contribution in [0.15, 0.2) is 30.3 Å². The number of urea groups is 1. The van der Waals surface area contributed by atoms with Crippen molar-refractivity contribution >= 4 is 17.7 Å². The van der Waals surface area contributed by atoms with Gasteiger partial charge >= 0.3 is 18.2 Å². The number of para-hydroxylation sites is 1. The van der Waals surface area contributed by atoms with E-state index in [0.29, 0.717) is 5.69 Å². The van der Waals surface area contributed by atoms with E-state index in [1.54, 1.807) is 18.2 Å². The maximum atomic E-state index is 12.0. The lowest BCUT2D eigenvalue weighted by Crippen LogP contribution is -2.43. The van der Waals surface area contributed by atoms with Gasteiger partial charge < -0.3 is 10.4 Å². The number of alkyl halides is 3. The molecule has 0 aromatic heterocycles. The minimum Gasteiger partial charge on any atom is -0.480 e. The summed E-state index contributed by atoms with van der Waals surface area (Å²) in [6.07, 6.45) is -5.53. The van der Waals surface area contributed by atoms with E-state index in [-0.39, 0.29) is 13.0 Å². The van der Waals surface area contributed by atoms with Crippen molar-refractivity contribution in [1.82, 2.24) is 5.32 Å². The van der Waals surface area contributed by atoms with E-state index in [9.17, 15) is 22.8 Å². The van der Waals surface area contributed by atoms with Crippen molar-refractivity contribution in [1.29, 1.82) is 0 Å². The molecule has 0 heterocycles. The summed E-state index contributed by atoms with van der Waals surface area (Å²) in [5, 5.41) is 11.1. The summed E-state index contributed by atoms with van der Waals surface area (Å²) in [7, 11) is 0. The third kappa shape index (κ3) is 6.64. The van der Waals surface area contributed by atoms with Gasteiger partial charge in [-0.1, -0.05) is 18.2 Å². The molecule has 2 N–H and O–H groups in total. The third-order valence-corrected chi connectivity index (χ3v) is 2.52. The number of carbonyl (C=O) groups is 2. The predicted octanol–water partition coefficient (Wildman–Crippen LogP) is 2.63. The molecule has 0 atom stereocenters. The molecule has 5 nitrogen and oxygen atoms in total. The second-order valence-electron chi connectivity index (χ2n) is 4.27. The fourth-order valence-corrected chi connectivity index (χ4v) is 1.60. The average molecular weight is 304 g/mol. The second-order valence-corrected chi connectivity index (χ2v) is 4.27. The zero-order chi connectivity index (χ0) is 15.9. The lowest BCUT2D eigenvalue weighted by Gasteiger charge is -2.21. The monoisotopic (exact) mass is 304 g/mol. The molecular weight excluding hydrogens is 289 g/mol. The van der Waals surface area contributed by atoms with Crippen LogP contribution in [0.25, 0.3) is 0 Å². The zero-order valence-corrected chi connectivity index (χ0v) is 11.1. The predicted molar refractivity (Wildman–Crippen MR) is 70.1 cm³/mol. The minimum atomic E-state index is -4.27. The molecule has 8 heteroatoms. The SMILES string of the molecule is O=C(O)CN(C(=O)NCCCC(F)(F)F)c1ccccc1. The summed E-state index contributed by atoms with van der Waals surface area (Å²) >= 11 is 0. The van der Waals surface area contributed by atoms with Crippen LogP contribution in [0.5, 0.6) is 0 Å². The fourth-order valence-electron chi connectivity index (χ4n) is 1.60. The lowest BCUT2D eigenvalue weighted by molar-refractivity contribution is -0.136. The van der Waals surface area contributed by atoms with Crippen molar-refractivity contribution in [3.63, 3.8) is 0 Å². The molecule has 0 spiro atoms. The number of rotatable bonds is 6. The third-order valence-electron chi connectivity index (χ3n) is 2.52. The number of aliphatic carboxylic acids is 1. The average Bonchev–Trinajstić information content (AvgIpc) is 2.40. The summed E-state index contributed by atoms with van der Waals surface area (Å²) in [5.41, 5.74) is 0.355. The molecule has 0 saturated heterocycles. The molecule has 0 aliphatic rings. The molecule has 0 bridgehead atoms. The maximum Gasteiger partial charge on any atom is 0.389 e. The number of amides is 2. The van der Waals surface area contributed by atoms with Crippen molar-refractivity contribution in [2.45, 2.75) is 19.0 Å². The van der Waals surface area contributed by atoms with E-state index >= 15 is 0 Å². The van der Waals surface area contributed by atoms with E-state index < -0.39 is 31.1 Å². The number of halogens is 3. The number of benzene rings is 1. The van der Waals surface area contributed by atoms with Crippen molar-refractivity contribution in [2.75, 3.05) is 18.0 Å². The highest BCUT2D eigenvalue weighted by Gasteiger charge is 2.26. The van der Waals surface area contributed by atoms with Crippen molar-refractivity contribution in [2.24, 2.45) is 0 Å². The van der Waals surface area contributed by atoms with Gasteiger partial charge in [0.25, 0.3) is 0 Å². The van der Waals surface area contributed by atoms with Crippen molar-refractivity contribution < 1.29 is 27.9 Å². The van der Waals surface area contributed by atoms with Gasteiger partial charge in [0, 0.05) is 18.7 Å². The van der Waals surface area contributed by atoms with Crippen LogP contribution in [0, 0.1) is 0 Å². The number of hydrogen-bond acceptors (Lipinski definition) is 2. The van der Waals surface area contributed by atoms with Crippen LogP contribution in [0.3, 0.4) is 0 Å². The normalized spacial score (nSPS) is 11.0. The lowest BCUT2D eigenvalue weighted by atomic mass is 10.3. The number of nitrogens with zero attached hydrogens (tertiary/aromatic N) is 1. The Kier molecular flexibility index (Phi) is 6.01. The van der Waals surface area contributed by atoms with Gasteiger partial charge in [0.2, 0.25) is 0 Å². The highest BCUT2D eigenvalue weighted by molar-refractivity contribution is 5.96. The van der Waals surface area contributed by atoms with E-state index in [1.165, 1.54) is 12.1 Å². The highest BCUT2D eigenvalue weighted by atomic mass is 19.4. The minimum absolute atomic E-state index is 0.179. The molecule has 0 radical (unpaired) electrons. The van der Waals surface area contributed by atoms with Gasteiger partial charge in [-0.2, -0.15) is 13.2 Å². The maximum absolute atomic E-state index is 12.0. The van der Waals surface area contributed by atoms with E-state index in [0.717, 1.165) is 4.90 Å². The summed E-state index contributed by atoms with van der Waals surface area (Å²) in [4.78, 5) is 23.6. The van der Waals surface area contributed by atoms with Crippen molar-refractivity contribution in [3.8, 4) is 0 Å². The van der Waals surface area contributed by atoms with Crippen LogP contribution in [0.2, 0.25) is 0 Å². The summed E-state index contributed by atoms with van der Waals surface area (Å²) in [6.45, 7) is -0.754. The van der Waals surface area contributed by atoms with Crippen LogP contribution in [-0.4, -0.2) is 36.4 Å². The summed E-state index contributed by atoms with van der Waals surface area (Å²) in [5.74, 6) is -1.22. The molecule has 1 rings (SSSR count). The Morgan fingerprint density at radius 2 is 1.81 bits per heavy atom. The van der Waals surface area contributed by atoms with Crippen LogP contribution in [0.4, 0.5) is 23.7 Å². The molecule has 116 valence electrons. The molecule has 0 unspecified atom stereocenters. The van der Waals surface area contributed by atoms with E-state index in [1.807, 2.05) is 0 Å². The molecular formula is C13H15F3N2O3. The number of anilines is 1. The van der Waals surface area contributed by atoms with Crippen LogP contribution in [0.1, 0.15) is 12.8 Å². The standard InChI is InChI=1S/C13H15F3N2O3/c14-13(15,16)7-4-8-17-12(21)18(9-11(19)20)10-5-2-1-3-6-10/h1-3,5-6H,4,7-9H2,(H,17,21)(H,19,20). The first kappa shape index (κ1) is 16.8. The Bertz CT molecular complexity index is 477. The number of carboxylic acid groups (broad SMARTS) is 1. The quantitative estimate of drug-likeness (QED) is 0.794. The molecule has 2 amide bonds. The first-order valence-corrected chi connectivity index (χ1v) is 6.18. The van der Waals surface area contributed by atoms with Gasteiger partial charge in [0.15, 0.2) is 0 Å². The van der Waals surface area contributed by atoms with E-state index in [4.69, 9.17) is 5.11 Å². The molecule has 0 saturated carbocycles. The fraction of sp³-hybridized carbons (Fsp3) is 0.385. The van der Waals surface area contributed by atoms with E-state index in [2.05, 4.69) is 5.32 Å². The van der Waals surface area contributed by atoms with Crippen molar-refractivity contribution in [3.05, 3.63) is 30.3 Å². The molecule has 0 fully saturated rings. The Hall–Kier alpha value is -2.25. The summed E-state index contributed by atoms with van der Waals surface area (Å²) < 4.78 is 35.9. The number of nitrogens with one attached hydrogen (secondary N) is 1. The van der Waals surface area contributed by atoms with Gasteiger partial charge in [0.05, 0.1) is 0 Å². The Labute approximate surface area is 119 Å². The topological polar surface area (TPSA) is 69.6 Å². The van der Waals surface area contributed by atoms with Gasteiger partial charge in [0.1, 0.15) is 6.54 Å². The number of hydrogen-bond donors (Lipinski definition) is 2. The van der Waals surface area contributed by atoms with Gasteiger partial charge in [-0.05, 0) is 18.6 Å². The van der Waals surface area contributed by atoms with Gasteiger partial charge in [-0.15, -0.1) is 0 Å². The first-order chi connectivity index (χ1) is 9.79. The molecule has 1 aromatic carbocycles. The van der Waals surface area contributed by atoms with Gasteiger partial charge in [-0.3, -0.25) is 9.69 Å². The Morgan fingerprint density at radius 1 is 1.19 bits per heavy atom. The molecule has 0 aliphatic heterocycles.